The van der Waals surface area contributed by atoms with E-state index in [9.17, 15) is 0 Å². The maximum Gasteiger partial charge on any atom is 0.162 e. The molecule has 0 aliphatic carbocycles. The van der Waals surface area contributed by atoms with Crippen molar-refractivity contribution in [3.05, 3.63) is 30.0 Å². The average molecular weight is 379 g/mol. The minimum Gasteiger partial charge on any atom is -0.486 e. The summed E-state index contributed by atoms with van der Waals surface area (Å²) in [7, 11) is 0. The molecule has 26 heavy (non-hydrogen) atoms. The van der Waals surface area contributed by atoms with Crippen molar-refractivity contribution in [1.82, 2.24) is 15.1 Å². The average Bonchev–Trinajstić information content (AvgIpc) is 3.05. The Balaban J connectivity index is 0.00000196. The van der Waals surface area contributed by atoms with Crippen LogP contribution in [-0.2, 0) is 6.54 Å². The summed E-state index contributed by atoms with van der Waals surface area (Å²) in [5, 5.41) is 7.43. The van der Waals surface area contributed by atoms with Gasteiger partial charge in [-0.25, -0.2) is 0 Å². The van der Waals surface area contributed by atoms with Gasteiger partial charge in [0.15, 0.2) is 11.5 Å². The number of aromatic nitrogens is 2. The number of aromatic amines is 1. The van der Waals surface area contributed by atoms with Crippen molar-refractivity contribution in [2.45, 2.75) is 32.9 Å². The molecule has 1 fully saturated rings. The fraction of sp³-hybridized carbons (Fsp3) is 0.526. The third-order valence-electron chi connectivity index (χ3n) is 5.33. The zero-order valence-electron chi connectivity index (χ0n) is 15.3. The Labute approximate surface area is 160 Å². The van der Waals surface area contributed by atoms with Gasteiger partial charge in [0.1, 0.15) is 13.2 Å². The fourth-order valence-corrected chi connectivity index (χ4v) is 3.74. The number of rotatable bonds is 3. The zero-order valence-corrected chi connectivity index (χ0v) is 16.1. The third-order valence-corrected chi connectivity index (χ3v) is 5.33. The number of H-pyrrole nitrogens is 1. The first kappa shape index (κ1) is 19.0. The molecule has 1 unspecified atom stereocenters. The van der Waals surface area contributed by atoms with Gasteiger partial charge in [0.25, 0.3) is 0 Å². The monoisotopic (exact) mass is 378 g/mol. The van der Waals surface area contributed by atoms with E-state index in [-0.39, 0.29) is 23.9 Å². The number of benzene rings is 1. The molecule has 7 heteroatoms. The summed E-state index contributed by atoms with van der Waals surface area (Å²) in [6.07, 6.45) is 2.96. The number of ether oxygens (including phenoxy) is 2. The van der Waals surface area contributed by atoms with Crippen LogP contribution >= 0.6 is 12.4 Å². The Morgan fingerprint density at radius 2 is 2.04 bits per heavy atom. The second-order valence-electron chi connectivity index (χ2n) is 7.72. The molecule has 1 atom stereocenters. The third kappa shape index (κ3) is 3.68. The number of hydrogen-bond donors (Lipinski definition) is 2. The lowest BCUT2D eigenvalue weighted by molar-refractivity contribution is 0.0900. The van der Waals surface area contributed by atoms with Crippen molar-refractivity contribution in [2.75, 3.05) is 26.3 Å². The number of halogens is 1. The van der Waals surface area contributed by atoms with E-state index >= 15 is 0 Å². The van der Waals surface area contributed by atoms with Crippen molar-refractivity contribution in [2.24, 2.45) is 11.1 Å². The molecule has 0 radical (unpaired) electrons. The number of nitrogens with two attached hydrogens (primary N) is 1. The second-order valence-corrected chi connectivity index (χ2v) is 7.72. The molecule has 0 spiro atoms. The highest BCUT2D eigenvalue weighted by atomic mass is 35.5. The van der Waals surface area contributed by atoms with Gasteiger partial charge in [-0.2, -0.15) is 5.10 Å². The summed E-state index contributed by atoms with van der Waals surface area (Å²) in [5.41, 5.74) is 9.72. The lowest BCUT2D eigenvalue weighted by atomic mass is 9.79. The SMILES string of the molecule is CC1(C)CN(Cc2cn[nH]c2-c2ccc3c(c2)OCCO3)CCC1N.Cl. The summed E-state index contributed by atoms with van der Waals surface area (Å²) in [6, 6.07) is 6.32. The highest BCUT2D eigenvalue weighted by Crippen LogP contribution is 2.35. The number of fused-ring (bicyclic) bond motifs is 1. The molecular formula is C19H27ClN4O2. The molecule has 3 heterocycles. The number of nitrogens with one attached hydrogen (secondary N) is 1. The van der Waals surface area contributed by atoms with E-state index < -0.39 is 0 Å². The van der Waals surface area contributed by atoms with Gasteiger partial charge in [-0.1, -0.05) is 13.8 Å². The van der Waals surface area contributed by atoms with Gasteiger partial charge in [-0.05, 0) is 30.0 Å². The second kappa shape index (κ2) is 7.47. The fourth-order valence-electron chi connectivity index (χ4n) is 3.74. The van der Waals surface area contributed by atoms with E-state index in [2.05, 4.69) is 35.0 Å². The summed E-state index contributed by atoms with van der Waals surface area (Å²) in [4.78, 5) is 2.47. The molecule has 4 rings (SSSR count). The summed E-state index contributed by atoms with van der Waals surface area (Å²) in [6.45, 7) is 8.60. The van der Waals surface area contributed by atoms with Crippen LogP contribution in [0.4, 0.5) is 0 Å². The Morgan fingerprint density at radius 1 is 1.27 bits per heavy atom. The standard InChI is InChI=1S/C19H26N4O2.ClH/c1-19(2)12-23(6-5-17(19)20)11-14-10-21-22-18(14)13-3-4-15-16(9-13)25-8-7-24-15;/h3-4,9-10,17H,5-8,11-12,20H2,1-2H3,(H,21,22);1H. The normalized spacial score (nSPS) is 21.9. The topological polar surface area (TPSA) is 76.4 Å². The molecule has 3 N–H and O–H groups in total. The summed E-state index contributed by atoms with van der Waals surface area (Å²) in [5.74, 6) is 1.61. The molecule has 0 bridgehead atoms. The molecule has 1 aromatic heterocycles. The molecule has 0 saturated carbocycles. The van der Waals surface area contributed by atoms with Crippen molar-refractivity contribution in [3.63, 3.8) is 0 Å². The highest BCUT2D eigenvalue weighted by molar-refractivity contribution is 5.85. The van der Waals surface area contributed by atoms with E-state index in [0.29, 0.717) is 13.2 Å². The predicted octanol–water partition coefficient (Wildman–Crippen LogP) is 2.83. The first-order valence-corrected chi connectivity index (χ1v) is 8.93. The molecular weight excluding hydrogens is 352 g/mol. The molecule has 2 aromatic rings. The molecule has 2 aliphatic heterocycles. The van der Waals surface area contributed by atoms with Crippen LogP contribution in [0.3, 0.4) is 0 Å². The Bertz CT molecular complexity index is 762. The maximum absolute atomic E-state index is 6.26. The van der Waals surface area contributed by atoms with Gasteiger partial charge in [-0.15, -0.1) is 12.4 Å². The number of hydrogen-bond acceptors (Lipinski definition) is 5. The van der Waals surface area contributed by atoms with Gasteiger partial charge in [0.2, 0.25) is 0 Å². The minimum atomic E-state index is 0. The summed E-state index contributed by atoms with van der Waals surface area (Å²) >= 11 is 0. The van der Waals surface area contributed by atoms with Crippen molar-refractivity contribution >= 4 is 12.4 Å². The first-order chi connectivity index (χ1) is 12.0. The van der Waals surface area contributed by atoms with Crippen LogP contribution in [-0.4, -0.2) is 47.4 Å². The maximum atomic E-state index is 6.26. The van der Waals surface area contributed by atoms with Crippen LogP contribution in [0.5, 0.6) is 11.5 Å². The van der Waals surface area contributed by atoms with Gasteiger partial charge in [0.05, 0.1) is 11.9 Å². The molecule has 1 saturated heterocycles. The number of likely N-dealkylation sites (tertiary alicyclic amines) is 1. The van der Waals surface area contributed by atoms with E-state index in [1.165, 1.54) is 5.56 Å². The molecule has 1 aromatic carbocycles. The van der Waals surface area contributed by atoms with E-state index in [0.717, 1.165) is 48.8 Å². The quantitative estimate of drug-likeness (QED) is 0.858. The van der Waals surface area contributed by atoms with Crippen LogP contribution in [0.15, 0.2) is 24.4 Å². The van der Waals surface area contributed by atoms with E-state index in [1.54, 1.807) is 0 Å². The van der Waals surface area contributed by atoms with Gasteiger partial charge in [0, 0.05) is 36.8 Å². The van der Waals surface area contributed by atoms with Crippen LogP contribution in [0, 0.1) is 5.41 Å². The molecule has 2 aliphatic rings. The number of piperidine rings is 1. The highest BCUT2D eigenvalue weighted by Gasteiger charge is 2.33. The van der Waals surface area contributed by atoms with E-state index in [1.807, 2.05) is 18.3 Å². The summed E-state index contributed by atoms with van der Waals surface area (Å²) < 4.78 is 11.3. The number of nitrogens with zero attached hydrogens (tertiary/aromatic N) is 2. The molecule has 0 amide bonds. The minimum absolute atomic E-state index is 0. The van der Waals surface area contributed by atoms with Crippen molar-refractivity contribution in [1.29, 1.82) is 0 Å². The zero-order chi connectivity index (χ0) is 17.4. The Morgan fingerprint density at radius 3 is 2.81 bits per heavy atom. The predicted molar refractivity (Wildman–Crippen MR) is 104 cm³/mol. The van der Waals surface area contributed by atoms with Gasteiger partial charge in [-0.3, -0.25) is 10.00 Å². The van der Waals surface area contributed by atoms with Crippen molar-refractivity contribution < 1.29 is 9.47 Å². The molecule has 142 valence electrons. The van der Waals surface area contributed by atoms with Crippen molar-refractivity contribution in [3.8, 4) is 22.8 Å². The van der Waals surface area contributed by atoms with Crippen LogP contribution < -0.4 is 15.2 Å². The molecule has 6 nitrogen and oxygen atoms in total. The van der Waals surface area contributed by atoms with Gasteiger partial charge >= 0.3 is 0 Å². The Hall–Kier alpha value is -1.76. The lowest BCUT2D eigenvalue weighted by Crippen LogP contribution is -2.52. The smallest absolute Gasteiger partial charge is 0.162 e. The lowest BCUT2D eigenvalue weighted by Gasteiger charge is -2.42. The largest absolute Gasteiger partial charge is 0.486 e. The van der Waals surface area contributed by atoms with Crippen LogP contribution in [0.2, 0.25) is 0 Å². The van der Waals surface area contributed by atoms with Gasteiger partial charge < -0.3 is 15.2 Å². The van der Waals surface area contributed by atoms with Crippen LogP contribution in [0.25, 0.3) is 11.3 Å². The van der Waals surface area contributed by atoms with E-state index in [4.69, 9.17) is 15.2 Å². The first-order valence-electron chi connectivity index (χ1n) is 8.93. The van der Waals surface area contributed by atoms with Crippen LogP contribution in [0.1, 0.15) is 25.8 Å². The Kier molecular flexibility index (Phi) is 5.46.